The van der Waals surface area contributed by atoms with Crippen LogP contribution in [0.3, 0.4) is 0 Å². The third-order valence-corrected chi connectivity index (χ3v) is 3.21. The maximum Gasteiger partial charge on any atom is 0.0179 e. The molecule has 0 aliphatic carbocycles. The first-order chi connectivity index (χ1) is 5.68. The second-order valence-electron chi connectivity index (χ2n) is 4.60. The quantitative estimate of drug-likeness (QED) is 0.682. The minimum absolute atomic E-state index is 0.518. The van der Waals surface area contributed by atoms with Gasteiger partial charge >= 0.3 is 0 Å². The second kappa shape index (κ2) is 4.27. The van der Waals surface area contributed by atoms with Gasteiger partial charge in [-0.1, -0.05) is 20.8 Å². The van der Waals surface area contributed by atoms with Crippen molar-refractivity contribution in [2.75, 3.05) is 6.54 Å². The van der Waals surface area contributed by atoms with Gasteiger partial charge in [0.1, 0.15) is 0 Å². The second-order valence-corrected chi connectivity index (χ2v) is 4.60. The molecule has 0 spiro atoms. The highest BCUT2D eigenvalue weighted by molar-refractivity contribution is 4.91. The number of rotatable bonds is 4. The third kappa shape index (κ3) is 2.48. The molecule has 1 saturated heterocycles. The van der Waals surface area contributed by atoms with E-state index in [0.717, 1.165) is 5.92 Å². The van der Waals surface area contributed by atoms with E-state index in [1.807, 2.05) is 0 Å². The summed E-state index contributed by atoms with van der Waals surface area (Å²) < 4.78 is 0. The average Bonchev–Trinajstić information content (AvgIpc) is 2.50. The SMILES string of the molecule is CCC1(CCC(C)C)CCCN1. The Bertz CT molecular complexity index is 123. The topological polar surface area (TPSA) is 12.0 Å². The van der Waals surface area contributed by atoms with Crippen LogP contribution in [0.5, 0.6) is 0 Å². The molecule has 1 aliphatic rings. The van der Waals surface area contributed by atoms with Crippen LogP contribution in [0.4, 0.5) is 0 Å². The van der Waals surface area contributed by atoms with Crippen molar-refractivity contribution in [1.82, 2.24) is 5.32 Å². The van der Waals surface area contributed by atoms with Crippen molar-refractivity contribution in [2.45, 2.75) is 58.4 Å². The predicted octanol–water partition coefficient (Wildman–Crippen LogP) is 2.95. The lowest BCUT2D eigenvalue weighted by atomic mass is 9.86. The number of hydrogen-bond acceptors (Lipinski definition) is 1. The predicted molar refractivity (Wildman–Crippen MR) is 54.3 cm³/mol. The zero-order valence-electron chi connectivity index (χ0n) is 8.82. The zero-order valence-corrected chi connectivity index (χ0v) is 8.82. The summed E-state index contributed by atoms with van der Waals surface area (Å²) in [5, 5.41) is 3.68. The van der Waals surface area contributed by atoms with Crippen molar-refractivity contribution in [2.24, 2.45) is 5.92 Å². The average molecular weight is 169 g/mol. The Morgan fingerprint density at radius 1 is 1.42 bits per heavy atom. The van der Waals surface area contributed by atoms with Crippen LogP contribution < -0.4 is 5.32 Å². The molecule has 0 aromatic rings. The van der Waals surface area contributed by atoms with Crippen LogP contribution >= 0.6 is 0 Å². The Hall–Kier alpha value is -0.0400. The summed E-state index contributed by atoms with van der Waals surface area (Å²) >= 11 is 0. The summed E-state index contributed by atoms with van der Waals surface area (Å²) in [5.74, 6) is 0.857. The molecule has 1 heterocycles. The molecule has 1 nitrogen and oxygen atoms in total. The smallest absolute Gasteiger partial charge is 0.0179 e. The Morgan fingerprint density at radius 3 is 2.58 bits per heavy atom. The Balaban J connectivity index is 2.34. The highest BCUT2D eigenvalue weighted by Gasteiger charge is 2.30. The lowest BCUT2D eigenvalue weighted by Crippen LogP contribution is -2.39. The molecule has 1 heteroatoms. The molecular formula is C11H23N. The van der Waals surface area contributed by atoms with Crippen molar-refractivity contribution in [3.63, 3.8) is 0 Å². The fourth-order valence-electron chi connectivity index (χ4n) is 2.13. The van der Waals surface area contributed by atoms with E-state index < -0.39 is 0 Å². The molecule has 1 unspecified atom stereocenters. The Kier molecular flexibility index (Phi) is 3.57. The van der Waals surface area contributed by atoms with E-state index in [0.29, 0.717) is 5.54 Å². The molecule has 0 aromatic heterocycles. The summed E-state index contributed by atoms with van der Waals surface area (Å²) in [6.07, 6.45) is 6.84. The van der Waals surface area contributed by atoms with Crippen LogP contribution in [0.1, 0.15) is 52.9 Å². The number of nitrogens with one attached hydrogen (secondary N) is 1. The normalized spacial score (nSPS) is 30.0. The third-order valence-electron chi connectivity index (χ3n) is 3.21. The summed E-state index contributed by atoms with van der Waals surface area (Å²) in [4.78, 5) is 0. The molecule has 1 aliphatic heterocycles. The van der Waals surface area contributed by atoms with E-state index in [4.69, 9.17) is 0 Å². The van der Waals surface area contributed by atoms with Gasteiger partial charge in [0.25, 0.3) is 0 Å². The van der Waals surface area contributed by atoms with Crippen molar-refractivity contribution in [3.05, 3.63) is 0 Å². The minimum atomic E-state index is 0.518. The largest absolute Gasteiger partial charge is 0.311 e. The standard InChI is InChI=1S/C11H23N/c1-4-11(7-5-9-12-11)8-6-10(2)3/h10,12H,4-9H2,1-3H3. The molecule has 12 heavy (non-hydrogen) atoms. The first kappa shape index (κ1) is 10.0. The summed E-state index contributed by atoms with van der Waals surface area (Å²) in [6, 6.07) is 0. The van der Waals surface area contributed by atoms with Crippen LogP contribution in [0.2, 0.25) is 0 Å². The Morgan fingerprint density at radius 2 is 2.17 bits per heavy atom. The molecule has 0 amide bonds. The first-order valence-corrected chi connectivity index (χ1v) is 5.43. The van der Waals surface area contributed by atoms with Crippen LogP contribution in [0.15, 0.2) is 0 Å². The first-order valence-electron chi connectivity index (χ1n) is 5.43. The van der Waals surface area contributed by atoms with Gasteiger partial charge in [0.2, 0.25) is 0 Å². The van der Waals surface area contributed by atoms with Crippen molar-refractivity contribution < 1.29 is 0 Å². The van der Waals surface area contributed by atoms with Gasteiger partial charge in [-0.05, 0) is 44.6 Å². The van der Waals surface area contributed by atoms with Crippen molar-refractivity contribution in [1.29, 1.82) is 0 Å². The van der Waals surface area contributed by atoms with Crippen LogP contribution in [-0.4, -0.2) is 12.1 Å². The Labute approximate surface area is 76.9 Å². The maximum atomic E-state index is 3.68. The summed E-state index contributed by atoms with van der Waals surface area (Å²) in [7, 11) is 0. The van der Waals surface area contributed by atoms with Gasteiger partial charge in [-0.3, -0.25) is 0 Å². The lowest BCUT2D eigenvalue weighted by Gasteiger charge is -2.28. The lowest BCUT2D eigenvalue weighted by molar-refractivity contribution is 0.309. The number of hydrogen-bond donors (Lipinski definition) is 1. The van der Waals surface area contributed by atoms with Crippen LogP contribution in [0.25, 0.3) is 0 Å². The summed E-state index contributed by atoms with van der Waals surface area (Å²) in [5.41, 5.74) is 0.518. The molecule has 1 atom stereocenters. The zero-order chi connectivity index (χ0) is 9.03. The molecule has 0 bridgehead atoms. The van der Waals surface area contributed by atoms with Gasteiger partial charge in [0.05, 0.1) is 0 Å². The van der Waals surface area contributed by atoms with Gasteiger partial charge in [-0.2, -0.15) is 0 Å². The molecule has 1 fully saturated rings. The van der Waals surface area contributed by atoms with Gasteiger partial charge in [-0.25, -0.2) is 0 Å². The molecular weight excluding hydrogens is 146 g/mol. The van der Waals surface area contributed by atoms with Crippen LogP contribution in [0, 0.1) is 5.92 Å². The van der Waals surface area contributed by atoms with Gasteiger partial charge in [0, 0.05) is 5.54 Å². The van der Waals surface area contributed by atoms with E-state index >= 15 is 0 Å². The molecule has 0 saturated carbocycles. The monoisotopic (exact) mass is 169 g/mol. The summed E-state index contributed by atoms with van der Waals surface area (Å²) in [6.45, 7) is 8.20. The molecule has 0 radical (unpaired) electrons. The van der Waals surface area contributed by atoms with Crippen LogP contribution in [-0.2, 0) is 0 Å². The van der Waals surface area contributed by atoms with Gasteiger partial charge in [0.15, 0.2) is 0 Å². The highest BCUT2D eigenvalue weighted by atomic mass is 15.0. The van der Waals surface area contributed by atoms with E-state index in [9.17, 15) is 0 Å². The fraction of sp³-hybridized carbons (Fsp3) is 1.00. The molecule has 1 N–H and O–H groups in total. The van der Waals surface area contributed by atoms with E-state index in [2.05, 4.69) is 26.1 Å². The molecule has 1 rings (SSSR count). The maximum absolute atomic E-state index is 3.68. The fourth-order valence-corrected chi connectivity index (χ4v) is 2.13. The van der Waals surface area contributed by atoms with Gasteiger partial charge < -0.3 is 5.32 Å². The van der Waals surface area contributed by atoms with Crippen molar-refractivity contribution >= 4 is 0 Å². The van der Waals surface area contributed by atoms with E-state index in [-0.39, 0.29) is 0 Å². The minimum Gasteiger partial charge on any atom is -0.311 e. The highest BCUT2D eigenvalue weighted by Crippen LogP contribution is 2.29. The van der Waals surface area contributed by atoms with E-state index in [1.165, 1.54) is 38.6 Å². The van der Waals surface area contributed by atoms with Crippen molar-refractivity contribution in [3.8, 4) is 0 Å². The van der Waals surface area contributed by atoms with Gasteiger partial charge in [-0.15, -0.1) is 0 Å². The van der Waals surface area contributed by atoms with E-state index in [1.54, 1.807) is 0 Å². The molecule has 0 aromatic carbocycles. The molecule has 72 valence electrons.